The molecule has 1 atom stereocenters. The number of carboxylic acids is 1. The number of rotatable bonds is 4. The second kappa shape index (κ2) is 6.82. The molecule has 3 rings (SSSR count). The summed E-state index contributed by atoms with van der Waals surface area (Å²) >= 11 is 0. The monoisotopic (exact) mass is 367 g/mol. The SMILES string of the molecule is CC1(C)CC(NC(=O)c2ccccc2-c2ccccc2C(=O)O)C(C)(C)O1. The van der Waals surface area contributed by atoms with Crippen LogP contribution >= 0.6 is 0 Å². The van der Waals surface area contributed by atoms with E-state index in [1.165, 1.54) is 0 Å². The Kier molecular flexibility index (Phi) is 4.82. The molecule has 1 unspecified atom stereocenters. The molecule has 1 saturated heterocycles. The number of aromatic carboxylic acids is 1. The smallest absolute Gasteiger partial charge is 0.336 e. The third kappa shape index (κ3) is 3.88. The molecule has 0 aromatic heterocycles. The summed E-state index contributed by atoms with van der Waals surface area (Å²) in [5.74, 6) is -1.25. The van der Waals surface area contributed by atoms with Gasteiger partial charge in [0.05, 0.1) is 22.8 Å². The lowest BCUT2D eigenvalue weighted by Crippen LogP contribution is -2.46. The molecule has 0 bridgehead atoms. The fourth-order valence-electron chi connectivity index (χ4n) is 3.84. The lowest BCUT2D eigenvalue weighted by Gasteiger charge is -2.28. The molecule has 2 N–H and O–H groups in total. The van der Waals surface area contributed by atoms with E-state index < -0.39 is 11.6 Å². The predicted octanol–water partition coefficient (Wildman–Crippen LogP) is 4.13. The number of nitrogens with one attached hydrogen (secondary N) is 1. The zero-order chi connectivity index (χ0) is 19.8. The van der Waals surface area contributed by atoms with E-state index in [0.717, 1.165) is 0 Å². The van der Waals surface area contributed by atoms with Crippen LogP contribution in [0.15, 0.2) is 48.5 Å². The van der Waals surface area contributed by atoms with Gasteiger partial charge < -0.3 is 15.2 Å². The summed E-state index contributed by atoms with van der Waals surface area (Å²) < 4.78 is 6.06. The molecule has 2 aromatic rings. The summed E-state index contributed by atoms with van der Waals surface area (Å²) in [6.45, 7) is 7.96. The van der Waals surface area contributed by atoms with E-state index in [4.69, 9.17) is 4.74 Å². The number of ether oxygens (including phenoxy) is 1. The molecule has 27 heavy (non-hydrogen) atoms. The molecule has 5 heteroatoms. The maximum atomic E-state index is 13.1. The normalized spacial score (nSPS) is 20.2. The van der Waals surface area contributed by atoms with Crippen LogP contribution in [0, 0.1) is 0 Å². The van der Waals surface area contributed by atoms with Crippen molar-refractivity contribution in [3.8, 4) is 11.1 Å². The predicted molar refractivity (Wildman–Crippen MR) is 104 cm³/mol. The maximum absolute atomic E-state index is 13.1. The van der Waals surface area contributed by atoms with E-state index in [1.807, 2.05) is 27.7 Å². The van der Waals surface area contributed by atoms with Crippen LogP contribution in [-0.4, -0.2) is 34.2 Å². The molecule has 142 valence electrons. The van der Waals surface area contributed by atoms with E-state index in [9.17, 15) is 14.7 Å². The van der Waals surface area contributed by atoms with Gasteiger partial charge in [0.2, 0.25) is 0 Å². The van der Waals surface area contributed by atoms with Crippen molar-refractivity contribution in [2.24, 2.45) is 0 Å². The summed E-state index contributed by atoms with van der Waals surface area (Å²) in [7, 11) is 0. The molecular weight excluding hydrogens is 342 g/mol. The Bertz CT molecular complexity index is 885. The standard InChI is InChI=1S/C22H25NO4/c1-21(2)13-18(22(3,4)27-21)23-19(24)16-11-7-5-9-14(16)15-10-6-8-12-17(15)20(25)26/h5-12,18H,13H2,1-4H3,(H,23,24)(H,25,26). The average molecular weight is 367 g/mol. The lowest BCUT2D eigenvalue weighted by atomic mass is 9.92. The highest BCUT2D eigenvalue weighted by Crippen LogP contribution is 2.37. The third-order valence-electron chi connectivity index (χ3n) is 5.00. The Morgan fingerprint density at radius 3 is 2.00 bits per heavy atom. The van der Waals surface area contributed by atoms with E-state index >= 15 is 0 Å². The minimum absolute atomic E-state index is 0.136. The van der Waals surface area contributed by atoms with Crippen LogP contribution in [0.5, 0.6) is 0 Å². The van der Waals surface area contributed by atoms with Gasteiger partial charge in [0.15, 0.2) is 0 Å². The summed E-state index contributed by atoms with van der Waals surface area (Å²) in [5, 5.41) is 12.6. The molecule has 2 aromatic carbocycles. The fourth-order valence-corrected chi connectivity index (χ4v) is 3.84. The van der Waals surface area contributed by atoms with Crippen molar-refractivity contribution < 1.29 is 19.4 Å². The zero-order valence-electron chi connectivity index (χ0n) is 16.1. The van der Waals surface area contributed by atoms with Crippen molar-refractivity contribution >= 4 is 11.9 Å². The Labute approximate surface area is 159 Å². The highest BCUT2D eigenvalue weighted by atomic mass is 16.5. The van der Waals surface area contributed by atoms with E-state index in [2.05, 4.69) is 5.32 Å². The second-order valence-electron chi connectivity index (χ2n) is 8.09. The molecule has 1 amide bonds. The molecule has 0 saturated carbocycles. The number of carbonyl (C=O) groups is 2. The van der Waals surface area contributed by atoms with Crippen molar-refractivity contribution in [2.75, 3.05) is 0 Å². The molecule has 1 fully saturated rings. The van der Waals surface area contributed by atoms with Crippen molar-refractivity contribution in [3.05, 3.63) is 59.7 Å². The van der Waals surface area contributed by atoms with Crippen LogP contribution in [0.3, 0.4) is 0 Å². The Hall–Kier alpha value is -2.66. The summed E-state index contributed by atoms with van der Waals surface area (Å²) in [6.07, 6.45) is 0.708. The Balaban J connectivity index is 1.96. The molecule has 1 heterocycles. The Morgan fingerprint density at radius 1 is 0.963 bits per heavy atom. The number of carboxylic acid groups (broad SMARTS) is 1. The van der Waals surface area contributed by atoms with Crippen LogP contribution in [0.2, 0.25) is 0 Å². The highest BCUT2D eigenvalue weighted by Gasteiger charge is 2.46. The summed E-state index contributed by atoms with van der Waals surface area (Å²) in [4.78, 5) is 24.7. The first-order chi connectivity index (χ1) is 12.6. The van der Waals surface area contributed by atoms with Crippen molar-refractivity contribution in [1.29, 1.82) is 0 Å². The summed E-state index contributed by atoms with van der Waals surface area (Å²) in [6, 6.07) is 13.7. The van der Waals surface area contributed by atoms with Crippen LogP contribution in [-0.2, 0) is 4.74 Å². The zero-order valence-corrected chi connectivity index (χ0v) is 16.1. The van der Waals surface area contributed by atoms with Gasteiger partial charge in [-0.25, -0.2) is 4.79 Å². The molecule has 5 nitrogen and oxygen atoms in total. The third-order valence-corrected chi connectivity index (χ3v) is 5.00. The lowest BCUT2D eigenvalue weighted by molar-refractivity contribution is -0.0693. The molecule has 0 aliphatic carbocycles. The minimum atomic E-state index is -1.02. The van der Waals surface area contributed by atoms with E-state index in [1.54, 1.807) is 48.5 Å². The largest absolute Gasteiger partial charge is 0.478 e. The quantitative estimate of drug-likeness (QED) is 0.852. The minimum Gasteiger partial charge on any atom is -0.478 e. The molecule has 1 aliphatic rings. The first-order valence-electron chi connectivity index (χ1n) is 9.03. The van der Waals surface area contributed by atoms with Gasteiger partial charge in [0.25, 0.3) is 5.91 Å². The molecule has 1 aliphatic heterocycles. The fraction of sp³-hybridized carbons (Fsp3) is 0.364. The molecular formula is C22H25NO4. The molecule has 0 spiro atoms. The average Bonchev–Trinajstić information content (AvgIpc) is 2.81. The van der Waals surface area contributed by atoms with Crippen molar-refractivity contribution in [1.82, 2.24) is 5.32 Å². The first kappa shape index (κ1) is 19.1. The van der Waals surface area contributed by atoms with Gasteiger partial charge in [-0.1, -0.05) is 36.4 Å². The van der Waals surface area contributed by atoms with Gasteiger partial charge in [-0.3, -0.25) is 4.79 Å². The van der Waals surface area contributed by atoms with Gasteiger partial charge in [-0.2, -0.15) is 0 Å². The van der Waals surface area contributed by atoms with Crippen LogP contribution in [0.25, 0.3) is 11.1 Å². The van der Waals surface area contributed by atoms with Gasteiger partial charge in [-0.05, 0) is 57.4 Å². The second-order valence-corrected chi connectivity index (χ2v) is 8.09. The highest BCUT2D eigenvalue weighted by molar-refractivity contribution is 6.04. The van der Waals surface area contributed by atoms with Crippen LogP contribution in [0.1, 0.15) is 54.8 Å². The number of hydrogen-bond acceptors (Lipinski definition) is 3. The number of hydrogen-bond donors (Lipinski definition) is 2. The van der Waals surface area contributed by atoms with Gasteiger partial charge >= 0.3 is 5.97 Å². The molecule has 0 radical (unpaired) electrons. The topological polar surface area (TPSA) is 75.6 Å². The summed E-state index contributed by atoms with van der Waals surface area (Å²) in [5.41, 5.74) is 0.960. The number of carbonyl (C=O) groups excluding carboxylic acids is 1. The number of benzene rings is 2. The van der Waals surface area contributed by atoms with Crippen molar-refractivity contribution in [2.45, 2.75) is 51.4 Å². The van der Waals surface area contributed by atoms with E-state index in [0.29, 0.717) is 23.1 Å². The maximum Gasteiger partial charge on any atom is 0.336 e. The van der Waals surface area contributed by atoms with Gasteiger partial charge in [0.1, 0.15) is 0 Å². The first-order valence-corrected chi connectivity index (χ1v) is 9.03. The van der Waals surface area contributed by atoms with Gasteiger partial charge in [-0.15, -0.1) is 0 Å². The number of amides is 1. The van der Waals surface area contributed by atoms with Crippen molar-refractivity contribution in [3.63, 3.8) is 0 Å². The van der Waals surface area contributed by atoms with Crippen LogP contribution < -0.4 is 5.32 Å². The van der Waals surface area contributed by atoms with E-state index in [-0.39, 0.29) is 23.1 Å². The van der Waals surface area contributed by atoms with Crippen LogP contribution in [0.4, 0.5) is 0 Å². The van der Waals surface area contributed by atoms with Gasteiger partial charge in [0, 0.05) is 5.56 Å². The Morgan fingerprint density at radius 2 is 1.48 bits per heavy atom.